The first-order valence-electron chi connectivity index (χ1n) is 10.8. The lowest BCUT2D eigenvalue weighted by atomic mass is 9.77. The fourth-order valence-corrected chi connectivity index (χ4v) is 4.99. The Labute approximate surface area is 176 Å². The summed E-state index contributed by atoms with van der Waals surface area (Å²) in [5.74, 6) is 1.72. The third-order valence-electron chi connectivity index (χ3n) is 6.58. The molecule has 2 saturated heterocycles. The van der Waals surface area contributed by atoms with E-state index in [0.717, 1.165) is 73.7 Å². The lowest BCUT2D eigenvalue weighted by Gasteiger charge is -2.40. The highest BCUT2D eigenvalue weighted by molar-refractivity contribution is 5.90. The van der Waals surface area contributed by atoms with Crippen LogP contribution in [0.15, 0.2) is 43.0 Å². The van der Waals surface area contributed by atoms with Gasteiger partial charge in [0.1, 0.15) is 5.82 Å². The second-order valence-corrected chi connectivity index (χ2v) is 8.82. The molecular weight excluding hydrogens is 376 g/mol. The van der Waals surface area contributed by atoms with Gasteiger partial charge in [-0.1, -0.05) is 0 Å². The van der Waals surface area contributed by atoms with E-state index < -0.39 is 0 Å². The molecule has 0 bridgehead atoms. The van der Waals surface area contributed by atoms with Crippen LogP contribution in [0.1, 0.15) is 26.2 Å². The van der Waals surface area contributed by atoms with Crippen molar-refractivity contribution in [3.05, 3.63) is 43.0 Å². The van der Waals surface area contributed by atoms with E-state index in [-0.39, 0.29) is 6.10 Å². The number of pyridine rings is 2. The molecule has 2 aliphatic heterocycles. The van der Waals surface area contributed by atoms with Gasteiger partial charge in [-0.05, 0) is 56.3 Å². The Morgan fingerprint density at radius 1 is 1.00 bits per heavy atom. The first-order valence-corrected chi connectivity index (χ1v) is 10.8. The maximum atomic E-state index is 9.74. The molecular formula is C23H28N6O. The fraction of sp³-hybridized carbons (Fsp3) is 0.478. The number of piperidine rings is 1. The number of aromatic nitrogens is 4. The summed E-state index contributed by atoms with van der Waals surface area (Å²) in [5.41, 5.74) is 2.22. The van der Waals surface area contributed by atoms with Gasteiger partial charge < -0.3 is 14.9 Å². The van der Waals surface area contributed by atoms with Gasteiger partial charge in [-0.2, -0.15) is 0 Å². The highest BCUT2D eigenvalue weighted by Crippen LogP contribution is 2.42. The smallest absolute Gasteiger partial charge is 0.162 e. The summed E-state index contributed by atoms with van der Waals surface area (Å²) in [7, 11) is 0. The fourth-order valence-electron chi connectivity index (χ4n) is 4.99. The van der Waals surface area contributed by atoms with E-state index in [1.54, 1.807) is 12.4 Å². The van der Waals surface area contributed by atoms with Crippen molar-refractivity contribution in [1.29, 1.82) is 0 Å². The Balaban J connectivity index is 1.41. The number of fused-ring (bicyclic) bond motifs is 1. The molecule has 0 saturated carbocycles. The van der Waals surface area contributed by atoms with Gasteiger partial charge in [0.05, 0.1) is 17.8 Å². The van der Waals surface area contributed by atoms with Crippen LogP contribution in [0.5, 0.6) is 0 Å². The second kappa shape index (κ2) is 7.89. The standard InChI is InChI=1S/C23H28N6O/c1-17(30)15-28-11-5-23(16-28)6-12-29(13-7-23)22-19-4-10-25-14-20(19)26-21(27-22)18-2-8-24-9-3-18/h2-4,8-10,14,17,30H,5-7,11-13,15-16H2,1H3/t17-/m0/s1. The van der Waals surface area contributed by atoms with Gasteiger partial charge in [0.25, 0.3) is 0 Å². The Morgan fingerprint density at radius 2 is 1.73 bits per heavy atom. The summed E-state index contributed by atoms with van der Waals surface area (Å²) in [6.45, 7) is 6.84. The van der Waals surface area contributed by atoms with Gasteiger partial charge in [-0.15, -0.1) is 0 Å². The zero-order chi connectivity index (χ0) is 20.6. The first kappa shape index (κ1) is 19.3. The third-order valence-corrected chi connectivity index (χ3v) is 6.58. The maximum Gasteiger partial charge on any atom is 0.162 e. The lowest BCUT2D eigenvalue weighted by molar-refractivity contribution is 0.127. The van der Waals surface area contributed by atoms with E-state index in [2.05, 4.69) is 19.8 Å². The molecule has 156 valence electrons. The van der Waals surface area contributed by atoms with E-state index >= 15 is 0 Å². The van der Waals surface area contributed by atoms with Gasteiger partial charge >= 0.3 is 0 Å². The predicted molar refractivity (Wildman–Crippen MR) is 117 cm³/mol. The van der Waals surface area contributed by atoms with Crippen molar-refractivity contribution >= 4 is 16.7 Å². The monoisotopic (exact) mass is 404 g/mol. The van der Waals surface area contributed by atoms with Crippen LogP contribution < -0.4 is 4.90 Å². The number of rotatable bonds is 4. The van der Waals surface area contributed by atoms with E-state index in [0.29, 0.717) is 5.41 Å². The minimum absolute atomic E-state index is 0.257. The SMILES string of the molecule is C[C@H](O)CN1CCC2(CCN(c3nc(-c4ccncc4)nc4cnccc34)CC2)C1. The van der Waals surface area contributed by atoms with Crippen LogP contribution in [0, 0.1) is 5.41 Å². The average Bonchev–Trinajstić information content (AvgIpc) is 3.15. The number of aliphatic hydroxyl groups is 1. The topological polar surface area (TPSA) is 78.3 Å². The molecule has 0 aliphatic carbocycles. The van der Waals surface area contributed by atoms with Crippen molar-refractivity contribution in [2.45, 2.75) is 32.3 Å². The quantitative estimate of drug-likeness (QED) is 0.716. The van der Waals surface area contributed by atoms with Crippen LogP contribution in [0.25, 0.3) is 22.3 Å². The molecule has 2 aliphatic rings. The Hall–Kier alpha value is -2.64. The summed E-state index contributed by atoms with van der Waals surface area (Å²) in [4.78, 5) is 23.0. The lowest BCUT2D eigenvalue weighted by Crippen LogP contribution is -2.42. The molecule has 1 N–H and O–H groups in total. The summed E-state index contributed by atoms with van der Waals surface area (Å²) < 4.78 is 0. The molecule has 7 nitrogen and oxygen atoms in total. The van der Waals surface area contributed by atoms with Gasteiger partial charge in [0.2, 0.25) is 0 Å². The maximum absolute atomic E-state index is 9.74. The number of hydrogen-bond donors (Lipinski definition) is 1. The molecule has 0 unspecified atom stereocenters. The van der Waals surface area contributed by atoms with Crippen LogP contribution in [-0.4, -0.2) is 68.8 Å². The molecule has 7 heteroatoms. The van der Waals surface area contributed by atoms with Gasteiger partial charge in [-0.25, -0.2) is 9.97 Å². The number of likely N-dealkylation sites (tertiary alicyclic amines) is 1. The summed E-state index contributed by atoms with van der Waals surface area (Å²) in [5, 5.41) is 10.8. The number of nitrogens with zero attached hydrogens (tertiary/aromatic N) is 6. The number of hydrogen-bond acceptors (Lipinski definition) is 7. The zero-order valence-electron chi connectivity index (χ0n) is 17.4. The van der Waals surface area contributed by atoms with Crippen molar-refractivity contribution in [3.8, 4) is 11.4 Å². The third kappa shape index (κ3) is 3.75. The minimum Gasteiger partial charge on any atom is -0.392 e. The molecule has 30 heavy (non-hydrogen) atoms. The Bertz CT molecular complexity index is 1020. The highest BCUT2D eigenvalue weighted by atomic mass is 16.3. The molecule has 1 atom stereocenters. The van der Waals surface area contributed by atoms with Crippen LogP contribution in [0.4, 0.5) is 5.82 Å². The Kier molecular flexibility index (Phi) is 5.08. The molecule has 5 heterocycles. The normalized spacial score (nSPS) is 20.1. The molecule has 0 amide bonds. The summed E-state index contributed by atoms with van der Waals surface area (Å²) >= 11 is 0. The molecule has 1 spiro atoms. The van der Waals surface area contributed by atoms with Crippen molar-refractivity contribution in [1.82, 2.24) is 24.8 Å². The molecule has 3 aromatic rings. The number of aliphatic hydroxyl groups excluding tert-OH is 1. The van der Waals surface area contributed by atoms with Crippen LogP contribution in [0.3, 0.4) is 0 Å². The Morgan fingerprint density at radius 3 is 2.50 bits per heavy atom. The van der Waals surface area contributed by atoms with Crippen LogP contribution in [-0.2, 0) is 0 Å². The van der Waals surface area contributed by atoms with Gasteiger partial charge in [0, 0.05) is 55.7 Å². The number of anilines is 1. The summed E-state index contributed by atoms with van der Waals surface area (Å²) in [6, 6.07) is 5.91. The van der Waals surface area contributed by atoms with E-state index in [1.165, 1.54) is 6.42 Å². The van der Waals surface area contributed by atoms with Crippen molar-refractivity contribution in [2.75, 3.05) is 37.6 Å². The summed E-state index contributed by atoms with van der Waals surface area (Å²) in [6.07, 6.45) is 10.5. The molecule has 0 aromatic carbocycles. The molecule has 2 fully saturated rings. The van der Waals surface area contributed by atoms with Crippen LogP contribution >= 0.6 is 0 Å². The van der Waals surface area contributed by atoms with E-state index in [1.807, 2.05) is 37.5 Å². The van der Waals surface area contributed by atoms with Crippen molar-refractivity contribution in [3.63, 3.8) is 0 Å². The minimum atomic E-state index is -0.257. The first-order chi connectivity index (χ1) is 14.6. The largest absolute Gasteiger partial charge is 0.392 e. The number of β-amino-alcohol motifs (C(OH)–C–C–N with tert-alkyl or cyclic N) is 1. The van der Waals surface area contributed by atoms with Crippen molar-refractivity contribution < 1.29 is 5.11 Å². The van der Waals surface area contributed by atoms with E-state index in [4.69, 9.17) is 9.97 Å². The average molecular weight is 405 g/mol. The van der Waals surface area contributed by atoms with E-state index in [9.17, 15) is 5.11 Å². The second-order valence-electron chi connectivity index (χ2n) is 8.82. The molecule has 0 radical (unpaired) electrons. The zero-order valence-corrected chi connectivity index (χ0v) is 17.4. The molecule has 3 aromatic heterocycles. The van der Waals surface area contributed by atoms with Crippen LogP contribution in [0.2, 0.25) is 0 Å². The van der Waals surface area contributed by atoms with Crippen molar-refractivity contribution in [2.24, 2.45) is 5.41 Å². The molecule has 5 rings (SSSR count). The predicted octanol–water partition coefficient (Wildman–Crippen LogP) is 2.76. The highest BCUT2D eigenvalue weighted by Gasteiger charge is 2.41. The van der Waals surface area contributed by atoms with Gasteiger partial charge in [0.15, 0.2) is 5.82 Å². The van der Waals surface area contributed by atoms with Gasteiger partial charge in [-0.3, -0.25) is 9.97 Å².